The van der Waals surface area contributed by atoms with E-state index in [9.17, 15) is 4.79 Å². The number of aliphatic carboxylic acids is 1. The normalized spacial score (nSPS) is 13.2. The van der Waals surface area contributed by atoms with E-state index in [4.69, 9.17) is 10.6 Å². The monoisotopic (exact) mass is 217 g/mol. The Morgan fingerprint density at radius 1 is 1.50 bits per heavy atom. The minimum Gasteiger partial charge on any atom is -0.481 e. The molecule has 0 saturated carbocycles. The Morgan fingerprint density at radius 2 is 2.12 bits per heavy atom. The SMILES string of the molecule is C=C[C@H](c1ccccc1)[C@H](N=[N+]=[N-])C(=O)O. The van der Waals surface area contributed by atoms with Crippen molar-refractivity contribution < 1.29 is 9.90 Å². The summed E-state index contributed by atoms with van der Waals surface area (Å²) in [5.41, 5.74) is 9.10. The van der Waals surface area contributed by atoms with E-state index in [1.807, 2.05) is 6.07 Å². The summed E-state index contributed by atoms with van der Waals surface area (Å²) in [6.07, 6.45) is 1.48. The number of hydrogen-bond acceptors (Lipinski definition) is 2. The molecule has 0 heterocycles. The van der Waals surface area contributed by atoms with E-state index in [0.717, 1.165) is 5.56 Å². The van der Waals surface area contributed by atoms with Crippen molar-refractivity contribution in [3.63, 3.8) is 0 Å². The molecule has 0 spiro atoms. The van der Waals surface area contributed by atoms with Crippen molar-refractivity contribution in [3.05, 3.63) is 59.0 Å². The standard InChI is InChI=1S/C11H11N3O2/c1-2-9(8-6-4-3-5-7-8)10(11(15)16)13-14-12/h2-7,9-10H,1H2,(H,15,16)/t9-,10+/m1/s1. The van der Waals surface area contributed by atoms with Crippen molar-refractivity contribution in [2.75, 3.05) is 0 Å². The average Bonchev–Trinajstić information content (AvgIpc) is 2.30. The molecule has 0 aliphatic carbocycles. The van der Waals surface area contributed by atoms with Crippen molar-refractivity contribution in [2.24, 2.45) is 5.11 Å². The highest BCUT2D eigenvalue weighted by Gasteiger charge is 2.25. The first-order valence-corrected chi connectivity index (χ1v) is 4.65. The highest BCUT2D eigenvalue weighted by atomic mass is 16.4. The maximum atomic E-state index is 11.0. The lowest BCUT2D eigenvalue weighted by Crippen LogP contribution is -2.24. The maximum absolute atomic E-state index is 11.0. The van der Waals surface area contributed by atoms with Crippen LogP contribution in [-0.2, 0) is 4.79 Å². The van der Waals surface area contributed by atoms with Crippen LogP contribution in [0.5, 0.6) is 0 Å². The van der Waals surface area contributed by atoms with Gasteiger partial charge < -0.3 is 5.11 Å². The van der Waals surface area contributed by atoms with E-state index in [2.05, 4.69) is 16.6 Å². The molecule has 82 valence electrons. The fourth-order valence-corrected chi connectivity index (χ4v) is 1.45. The van der Waals surface area contributed by atoms with Crippen LogP contribution in [0.4, 0.5) is 0 Å². The molecule has 0 aliphatic rings. The number of nitrogens with zero attached hydrogens (tertiary/aromatic N) is 3. The van der Waals surface area contributed by atoms with Gasteiger partial charge in [-0.05, 0) is 11.1 Å². The fraction of sp³-hybridized carbons (Fsp3) is 0.182. The second-order valence-corrected chi connectivity index (χ2v) is 3.16. The predicted molar refractivity (Wildman–Crippen MR) is 59.9 cm³/mol. The van der Waals surface area contributed by atoms with Crippen LogP contribution in [0.15, 0.2) is 48.1 Å². The van der Waals surface area contributed by atoms with Crippen LogP contribution in [0, 0.1) is 0 Å². The molecule has 1 N–H and O–H groups in total. The molecule has 1 aromatic carbocycles. The van der Waals surface area contributed by atoms with Crippen LogP contribution in [-0.4, -0.2) is 17.1 Å². The van der Waals surface area contributed by atoms with E-state index in [-0.39, 0.29) is 0 Å². The molecule has 1 aromatic rings. The van der Waals surface area contributed by atoms with Crippen molar-refractivity contribution >= 4 is 5.97 Å². The summed E-state index contributed by atoms with van der Waals surface area (Å²) in [7, 11) is 0. The van der Waals surface area contributed by atoms with Gasteiger partial charge in [-0.3, -0.25) is 4.79 Å². The molecule has 2 atom stereocenters. The predicted octanol–water partition coefficient (Wildman–Crippen LogP) is 2.72. The van der Waals surface area contributed by atoms with Gasteiger partial charge in [-0.2, -0.15) is 0 Å². The molecular formula is C11H11N3O2. The van der Waals surface area contributed by atoms with Gasteiger partial charge in [-0.15, -0.1) is 6.58 Å². The van der Waals surface area contributed by atoms with Gasteiger partial charge in [0, 0.05) is 10.8 Å². The molecule has 1 rings (SSSR count). The lowest BCUT2D eigenvalue weighted by Gasteiger charge is -2.16. The van der Waals surface area contributed by atoms with Crippen molar-refractivity contribution in [2.45, 2.75) is 12.0 Å². The van der Waals surface area contributed by atoms with E-state index in [0.29, 0.717) is 0 Å². The zero-order valence-corrected chi connectivity index (χ0v) is 8.52. The Bertz CT molecular complexity index is 422. The van der Waals surface area contributed by atoms with Gasteiger partial charge in [0.25, 0.3) is 0 Å². The Balaban J connectivity index is 3.09. The summed E-state index contributed by atoms with van der Waals surface area (Å²) >= 11 is 0. The first-order valence-electron chi connectivity index (χ1n) is 4.65. The Morgan fingerprint density at radius 3 is 2.56 bits per heavy atom. The van der Waals surface area contributed by atoms with Crippen LogP contribution in [0.25, 0.3) is 10.4 Å². The first-order chi connectivity index (χ1) is 7.70. The van der Waals surface area contributed by atoms with E-state index < -0.39 is 17.9 Å². The van der Waals surface area contributed by atoms with Crippen molar-refractivity contribution in [1.82, 2.24) is 0 Å². The molecule has 5 nitrogen and oxygen atoms in total. The molecule has 0 amide bonds. The molecule has 0 aliphatic heterocycles. The van der Waals surface area contributed by atoms with Gasteiger partial charge in [0.15, 0.2) is 0 Å². The van der Waals surface area contributed by atoms with Gasteiger partial charge >= 0.3 is 5.97 Å². The molecule has 0 saturated heterocycles. The average molecular weight is 217 g/mol. The number of azide groups is 1. The van der Waals surface area contributed by atoms with E-state index in [1.54, 1.807) is 24.3 Å². The summed E-state index contributed by atoms with van der Waals surface area (Å²) in [4.78, 5) is 13.5. The summed E-state index contributed by atoms with van der Waals surface area (Å²) in [6, 6.07) is 7.80. The number of carboxylic acids is 1. The topological polar surface area (TPSA) is 86.1 Å². The minimum atomic E-state index is -1.16. The quantitative estimate of drug-likeness (QED) is 0.356. The Hall–Kier alpha value is -2.26. The molecule has 5 heteroatoms. The molecular weight excluding hydrogens is 206 g/mol. The van der Waals surface area contributed by atoms with Crippen LogP contribution in [0.2, 0.25) is 0 Å². The third-order valence-corrected chi connectivity index (χ3v) is 2.21. The fourth-order valence-electron chi connectivity index (χ4n) is 1.45. The zero-order valence-electron chi connectivity index (χ0n) is 8.52. The number of carboxylic acid groups (broad SMARTS) is 1. The molecule has 0 unspecified atom stereocenters. The molecule has 0 aromatic heterocycles. The third kappa shape index (κ3) is 2.62. The number of rotatable bonds is 5. The Kier molecular flexibility index (Phi) is 4.12. The second-order valence-electron chi connectivity index (χ2n) is 3.16. The van der Waals surface area contributed by atoms with Gasteiger partial charge in [-0.1, -0.05) is 41.5 Å². The summed E-state index contributed by atoms with van der Waals surface area (Å²) in [5.74, 6) is -1.68. The minimum absolute atomic E-state index is 0.519. The van der Waals surface area contributed by atoms with Crippen molar-refractivity contribution in [1.29, 1.82) is 0 Å². The number of carbonyl (C=O) groups is 1. The lowest BCUT2D eigenvalue weighted by atomic mass is 9.92. The zero-order chi connectivity index (χ0) is 12.0. The Labute approximate surface area is 92.7 Å². The summed E-state index contributed by atoms with van der Waals surface area (Å²) < 4.78 is 0. The molecule has 0 bridgehead atoms. The summed E-state index contributed by atoms with van der Waals surface area (Å²) in [5, 5.41) is 12.2. The highest BCUT2D eigenvalue weighted by Crippen LogP contribution is 2.23. The van der Waals surface area contributed by atoms with Crippen LogP contribution in [0.3, 0.4) is 0 Å². The summed E-state index contributed by atoms with van der Waals surface area (Å²) in [6.45, 7) is 3.58. The van der Waals surface area contributed by atoms with Crippen LogP contribution >= 0.6 is 0 Å². The number of hydrogen-bond donors (Lipinski definition) is 1. The lowest BCUT2D eigenvalue weighted by molar-refractivity contribution is -0.138. The van der Waals surface area contributed by atoms with Gasteiger partial charge in [-0.25, -0.2) is 0 Å². The smallest absolute Gasteiger partial charge is 0.313 e. The van der Waals surface area contributed by atoms with Gasteiger partial charge in [0.05, 0.1) is 0 Å². The van der Waals surface area contributed by atoms with Crippen molar-refractivity contribution in [3.8, 4) is 0 Å². The molecule has 16 heavy (non-hydrogen) atoms. The highest BCUT2D eigenvalue weighted by molar-refractivity contribution is 5.75. The van der Waals surface area contributed by atoms with Gasteiger partial charge in [0.2, 0.25) is 0 Å². The van der Waals surface area contributed by atoms with Crippen LogP contribution in [0.1, 0.15) is 11.5 Å². The third-order valence-electron chi connectivity index (χ3n) is 2.21. The van der Waals surface area contributed by atoms with E-state index in [1.165, 1.54) is 6.08 Å². The van der Waals surface area contributed by atoms with Crippen LogP contribution < -0.4 is 0 Å². The molecule has 0 radical (unpaired) electrons. The van der Waals surface area contributed by atoms with Gasteiger partial charge in [0.1, 0.15) is 6.04 Å². The van der Waals surface area contributed by atoms with E-state index >= 15 is 0 Å². The maximum Gasteiger partial charge on any atom is 0.313 e. The first kappa shape index (κ1) is 11.8. The molecule has 0 fully saturated rings. The number of benzene rings is 1. The second kappa shape index (κ2) is 5.58. The largest absolute Gasteiger partial charge is 0.481 e.